The van der Waals surface area contributed by atoms with Crippen LogP contribution in [-0.4, -0.2) is 92.1 Å². The van der Waals surface area contributed by atoms with E-state index in [-0.39, 0.29) is 12.3 Å². The van der Waals surface area contributed by atoms with E-state index in [1.807, 2.05) is 27.0 Å². The number of carbonyl (C=O) groups is 1. The Bertz CT molecular complexity index is 1030. The quantitative estimate of drug-likeness (QED) is 0.723. The van der Waals surface area contributed by atoms with Crippen molar-refractivity contribution in [2.45, 2.75) is 20.3 Å². The highest BCUT2D eigenvalue weighted by Gasteiger charge is 2.34. The first-order valence-corrected chi connectivity index (χ1v) is 11.8. The van der Waals surface area contributed by atoms with Gasteiger partial charge >= 0.3 is 0 Å². The van der Waals surface area contributed by atoms with Gasteiger partial charge in [-0.25, -0.2) is 0 Å². The van der Waals surface area contributed by atoms with Crippen molar-refractivity contribution in [3.8, 4) is 0 Å². The molecule has 9 heteroatoms. The van der Waals surface area contributed by atoms with Crippen LogP contribution in [0.4, 0.5) is 0 Å². The molecule has 0 unspecified atom stereocenters. The largest absolute Gasteiger partial charge is 0.464 e. The first-order valence-electron chi connectivity index (χ1n) is 10.4. The highest BCUT2D eigenvalue weighted by Crippen LogP contribution is 2.26. The standard InChI is InChI=1S/C21H30N4O4S/c1-16-12-19-18(15-29-20(19)13-17(16)2)14-21(26)23-6-10-25(11-7-23)30(27,28)24-8-4-22(3)5-9-24/h12-13,15H,4-11,14H2,1-3H3. The normalized spacial score (nSPS) is 20.2. The van der Waals surface area contributed by atoms with Gasteiger partial charge in [-0.1, -0.05) is 0 Å². The third kappa shape index (κ3) is 4.12. The first-order chi connectivity index (χ1) is 14.3. The van der Waals surface area contributed by atoms with Crippen molar-refractivity contribution < 1.29 is 17.6 Å². The molecule has 2 aliphatic heterocycles. The molecule has 2 aromatic rings. The third-order valence-electron chi connectivity index (χ3n) is 6.32. The average molecular weight is 435 g/mol. The smallest absolute Gasteiger partial charge is 0.282 e. The zero-order chi connectivity index (χ0) is 21.5. The van der Waals surface area contributed by atoms with Gasteiger partial charge in [0.15, 0.2) is 0 Å². The molecule has 0 atom stereocenters. The van der Waals surface area contributed by atoms with Gasteiger partial charge in [-0.2, -0.15) is 17.0 Å². The number of likely N-dealkylation sites (N-methyl/N-ethyl adjacent to an activating group) is 1. The Hall–Kier alpha value is -1.94. The van der Waals surface area contributed by atoms with E-state index < -0.39 is 10.2 Å². The number of aryl methyl sites for hydroxylation is 2. The van der Waals surface area contributed by atoms with Gasteiger partial charge in [0.25, 0.3) is 10.2 Å². The highest BCUT2D eigenvalue weighted by molar-refractivity contribution is 7.86. The van der Waals surface area contributed by atoms with Gasteiger partial charge in [-0.3, -0.25) is 4.79 Å². The second-order valence-electron chi connectivity index (χ2n) is 8.36. The SMILES string of the molecule is Cc1cc2occ(CC(=O)N3CCN(S(=O)(=O)N4CCN(C)CC4)CC3)c2cc1C. The molecule has 2 aliphatic rings. The second-order valence-corrected chi connectivity index (χ2v) is 10.3. The molecule has 0 radical (unpaired) electrons. The number of hydrogen-bond donors (Lipinski definition) is 0. The fourth-order valence-corrected chi connectivity index (χ4v) is 5.67. The van der Waals surface area contributed by atoms with Gasteiger partial charge in [0.1, 0.15) is 5.58 Å². The number of carbonyl (C=O) groups excluding carboxylic acids is 1. The number of furan rings is 1. The molecule has 2 saturated heterocycles. The Kier molecular flexibility index (Phi) is 5.89. The van der Waals surface area contributed by atoms with Crippen LogP contribution in [-0.2, 0) is 21.4 Å². The van der Waals surface area contributed by atoms with E-state index >= 15 is 0 Å². The highest BCUT2D eigenvalue weighted by atomic mass is 32.2. The van der Waals surface area contributed by atoms with Crippen LogP contribution < -0.4 is 0 Å². The molecule has 0 saturated carbocycles. The summed E-state index contributed by atoms with van der Waals surface area (Å²) >= 11 is 0. The Morgan fingerprint density at radius 1 is 0.933 bits per heavy atom. The molecule has 0 spiro atoms. The van der Waals surface area contributed by atoms with Crippen molar-refractivity contribution in [2.24, 2.45) is 0 Å². The van der Waals surface area contributed by atoms with Crippen LogP contribution in [0.15, 0.2) is 22.8 Å². The summed E-state index contributed by atoms with van der Waals surface area (Å²) in [5.74, 6) is 0.00701. The van der Waals surface area contributed by atoms with E-state index in [0.29, 0.717) is 39.3 Å². The van der Waals surface area contributed by atoms with E-state index in [1.165, 1.54) is 9.87 Å². The summed E-state index contributed by atoms with van der Waals surface area (Å²) in [5, 5.41) is 0.975. The van der Waals surface area contributed by atoms with Gasteiger partial charge < -0.3 is 14.2 Å². The van der Waals surface area contributed by atoms with Crippen LogP contribution in [0.1, 0.15) is 16.7 Å². The van der Waals surface area contributed by atoms with Crippen LogP contribution in [0.5, 0.6) is 0 Å². The molecule has 8 nitrogen and oxygen atoms in total. The first kappa shape index (κ1) is 21.3. The van der Waals surface area contributed by atoms with Crippen molar-refractivity contribution in [3.63, 3.8) is 0 Å². The molecular weight excluding hydrogens is 404 g/mol. The van der Waals surface area contributed by atoms with Gasteiger partial charge in [0.05, 0.1) is 12.7 Å². The average Bonchev–Trinajstić information content (AvgIpc) is 3.10. The van der Waals surface area contributed by atoms with E-state index in [1.54, 1.807) is 15.5 Å². The number of benzene rings is 1. The number of piperazine rings is 2. The predicted molar refractivity (Wildman–Crippen MR) is 116 cm³/mol. The zero-order valence-corrected chi connectivity index (χ0v) is 18.7. The minimum atomic E-state index is -3.46. The van der Waals surface area contributed by atoms with Crippen molar-refractivity contribution in [3.05, 3.63) is 35.1 Å². The molecule has 164 valence electrons. The fraction of sp³-hybridized carbons (Fsp3) is 0.571. The minimum Gasteiger partial charge on any atom is -0.464 e. The molecule has 1 aromatic carbocycles. The number of rotatable bonds is 4. The molecule has 0 N–H and O–H groups in total. The number of amides is 1. The zero-order valence-electron chi connectivity index (χ0n) is 17.9. The van der Waals surface area contributed by atoms with Crippen molar-refractivity contribution in [2.75, 3.05) is 59.4 Å². The summed E-state index contributed by atoms with van der Waals surface area (Å²) < 4.78 is 34.5. The second kappa shape index (κ2) is 8.30. The van der Waals surface area contributed by atoms with Gasteiger partial charge in [0, 0.05) is 63.3 Å². The number of nitrogens with zero attached hydrogens (tertiary/aromatic N) is 4. The molecule has 0 bridgehead atoms. The topological polar surface area (TPSA) is 77.3 Å². The predicted octanol–water partition coefficient (Wildman–Crippen LogP) is 1.23. The van der Waals surface area contributed by atoms with Crippen LogP contribution in [0, 0.1) is 13.8 Å². The van der Waals surface area contributed by atoms with Crippen LogP contribution in [0.25, 0.3) is 11.0 Å². The lowest BCUT2D eigenvalue weighted by Crippen LogP contribution is -2.57. The summed E-state index contributed by atoms with van der Waals surface area (Å²) in [6, 6.07) is 4.07. The monoisotopic (exact) mass is 434 g/mol. The Morgan fingerprint density at radius 3 is 2.13 bits per heavy atom. The molecule has 2 fully saturated rings. The molecule has 30 heavy (non-hydrogen) atoms. The molecule has 1 aromatic heterocycles. The minimum absolute atomic E-state index is 0.00701. The van der Waals surface area contributed by atoms with Gasteiger partial charge in [-0.05, 0) is 44.2 Å². The Morgan fingerprint density at radius 2 is 1.50 bits per heavy atom. The van der Waals surface area contributed by atoms with Crippen molar-refractivity contribution >= 4 is 27.1 Å². The third-order valence-corrected chi connectivity index (χ3v) is 8.35. The molecular formula is C21H30N4O4S. The van der Waals surface area contributed by atoms with E-state index in [9.17, 15) is 13.2 Å². The summed E-state index contributed by atoms with van der Waals surface area (Å²) in [6.45, 7) is 8.12. The fourth-order valence-electron chi connectivity index (χ4n) is 4.10. The lowest BCUT2D eigenvalue weighted by molar-refractivity contribution is -0.131. The summed E-state index contributed by atoms with van der Waals surface area (Å²) in [5.41, 5.74) is 4.00. The van der Waals surface area contributed by atoms with E-state index in [2.05, 4.69) is 11.0 Å². The Labute approximate surface area is 178 Å². The van der Waals surface area contributed by atoms with E-state index in [0.717, 1.165) is 35.2 Å². The van der Waals surface area contributed by atoms with E-state index in [4.69, 9.17) is 4.42 Å². The lowest BCUT2D eigenvalue weighted by atomic mass is 10.0. The van der Waals surface area contributed by atoms with Gasteiger partial charge in [-0.15, -0.1) is 0 Å². The summed E-state index contributed by atoms with van der Waals surface area (Å²) in [4.78, 5) is 16.7. The maximum atomic E-state index is 12.9. The maximum Gasteiger partial charge on any atom is 0.282 e. The molecule has 1 amide bonds. The number of hydrogen-bond acceptors (Lipinski definition) is 5. The number of fused-ring (bicyclic) bond motifs is 1. The molecule has 0 aliphatic carbocycles. The Balaban J connectivity index is 1.37. The van der Waals surface area contributed by atoms with Gasteiger partial charge in [0.2, 0.25) is 5.91 Å². The van der Waals surface area contributed by atoms with Crippen molar-refractivity contribution in [1.82, 2.24) is 18.4 Å². The molecule has 4 rings (SSSR count). The summed E-state index contributed by atoms with van der Waals surface area (Å²) in [6.07, 6.45) is 1.93. The van der Waals surface area contributed by atoms with Crippen LogP contribution in [0.2, 0.25) is 0 Å². The van der Waals surface area contributed by atoms with Crippen LogP contribution in [0.3, 0.4) is 0 Å². The molecule has 3 heterocycles. The maximum absolute atomic E-state index is 12.9. The van der Waals surface area contributed by atoms with Crippen LogP contribution >= 0.6 is 0 Å². The summed E-state index contributed by atoms with van der Waals surface area (Å²) in [7, 11) is -1.46. The lowest BCUT2D eigenvalue weighted by Gasteiger charge is -2.39. The van der Waals surface area contributed by atoms with Crippen molar-refractivity contribution in [1.29, 1.82) is 0 Å².